The number of aliphatic hydroxyl groups is 3. The molecule has 124 valence electrons. The number of phosphoric acid groups is 1. The Morgan fingerprint density at radius 1 is 1.29 bits per heavy atom. The lowest BCUT2D eigenvalue weighted by Crippen LogP contribution is -2.64. The van der Waals surface area contributed by atoms with Crippen molar-refractivity contribution in [3.8, 4) is 0 Å². The second kappa shape index (κ2) is 7.61. The summed E-state index contributed by atoms with van der Waals surface area (Å²) in [5.41, 5.74) is 0. The molecule has 1 heterocycles. The summed E-state index contributed by atoms with van der Waals surface area (Å²) in [6.07, 6.45) is -4.79. The molecule has 1 rings (SSSR count). The summed E-state index contributed by atoms with van der Waals surface area (Å²) in [6.45, 7) is 0.271. The first-order valence-electron chi connectivity index (χ1n) is 6.25. The average Bonchev–Trinajstić information content (AvgIpc) is 2.35. The van der Waals surface area contributed by atoms with Gasteiger partial charge in [-0.25, -0.2) is 4.57 Å². The lowest BCUT2D eigenvalue weighted by atomic mass is 9.91. The third kappa shape index (κ3) is 5.61. The smallest absolute Gasteiger partial charge is 0.394 e. The monoisotopic (exact) mass is 329 g/mol. The van der Waals surface area contributed by atoms with Crippen molar-refractivity contribution in [3.63, 3.8) is 0 Å². The Morgan fingerprint density at radius 3 is 2.38 bits per heavy atom. The van der Waals surface area contributed by atoms with Crippen LogP contribution in [0.15, 0.2) is 0 Å². The minimum absolute atomic E-state index is 0.0592. The Kier molecular flexibility index (Phi) is 6.70. The highest BCUT2D eigenvalue weighted by Gasteiger charge is 2.44. The van der Waals surface area contributed by atoms with E-state index in [1.165, 1.54) is 6.92 Å². The van der Waals surface area contributed by atoms with Crippen LogP contribution in [0.1, 0.15) is 13.3 Å². The molecule has 11 heteroatoms. The molecule has 0 saturated carbocycles. The van der Waals surface area contributed by atoms with Crippen LogP contribution >= 0.6 is 7.82 Å². The van der Waals surface area contributed by atoms with E-state index in [-0.39, 0.29) is 13.0 Å². The molecule has 0 spiro atoms. The van der Waals surface area contributed by atoms with Gasteiger partial charge >= 0.3 is 7.82 Å². The maximum absolute atomic E-state index is 11.1. The lowest BCUT2D eigenvalue weighted by molar-refractivity contribution is -0.197. The fourth-order valence-electron chi connectivity index (χ4n) is 2.14. The van der Waals surface area contributed by atoms with Crippen molar-refractivity contribution in [3.05, 3.63) is 0 Å². The lowest BCUT2D eigenvalue weighted by Gasteiger charge is -2.42. The molecule has 5 atom stereocenters. The van der Waals surface area contributed by atoms with Gasteiger partial charge in [0.15, 0.2) is 0 Å². The third-order valence-corrected chi connectivity index (χ3v) is 3.58. The number of hydrogen-bond donors (Lipinski definition) is 6. The van der Waals surface area contributed by atoms with Crippen LogP contribution < -0.4 is 5.32 Å². The van der Waals surface area contributed by atoms with Gasteiger partial charge in [0.2, 0.25) is 5.91 Å². The van der Waals surface area contributed by atoms with Crippen LogP contribution in [-0.2, 0) is 18.6 Å². The van der Waals surface area contributed by atoms with E-state index in [4.69, 9.17) is 19.6 Å². The fourth-order valence-corrected chi connectivity index (χ4v) is 2.48. The van der Waals surface area contributed by atoms with Crippen molar-refractivity contribution in [2.24, 2.45) is 0 Å². The van der Waals surface area contributed by atoms with Gasteiger partial charge in [-0.15, -0.1) is 0 Å². The van der Waals surface area contributed by atoms with Crippen molar-refractivity contribution >= 4 is 13.7 Å². The van der Waals surface area contributed by atoms with E-state index in [1.807, 2.05) is 0 Å². The predicted molar refractivity (Wildman–Crippen MR) is 68.0 cm³/mol. The molecule has 0 aromatic heterocycles. The van der Waals surface area contributed by atoms with E-state index in [0.717, 1.165) is 0 Å². The molecule has 0 aromatic rings. The van der Waals surface area contributed by atoms with Gasteiger partial charge in [-0.3, -0.25) is 9.32 Å². The average molecular weight is 329 g/mol. The molecule has 0 aliphatic carbocycles. The Morgan fingerprint density at radius 2 is 1.90 bits per heavy atom. The molecule has 21 heavy (non-hydrogen) atoms. The largest absolute Gasteiger partial charge is 0.469 e. The van der Waals surface area contributed by atoms with Crippen molar-refractivity contribution in [1.82, 2.24) is 5.32 Å². The summed E-state index contributed by atoms with van der Waals surface area (Å²) >= 11 is 0. The summed E-state index contributed by atoms with van der Waals surface area (Å²) in [7, 11) is -4.63. The van der Waals surface area contributed by atoms with Crippen LogP contribution in [0.25, 0.3) is 0 Å². The molecule has 1 aliphatic heterocycles. The van der Waals surface area contributed by atoms with Crippen molar-refractivity contribution in [2.45, 2.75) is 43.8 Å². The first-order chi connectivity index (χ1) is 9.65. The molecule has 10 nitrogen and oxygen atoms in total. The van der Waals surface area contributed by atoms with Crippen LogP contribution in [0.3, 0.4) is 0 Å². The van der Waals surface area contributed by atoms with Crippen molar-refractivity contribution in [2.75, 3.05) is 13.2 Å². The van der Waals surface area contributed by atoms with Crippen molar-refractivity contribution in [1.29, 1.82) is 0 Å². The van der Waals surface area contributed by atoms with Crippen LogP contribution in [0.4, 0.5) is 0 Å². The second-order valence-electron chi connectivity index (χ2n) is 4.72. The SMILES string of the molecule is CC(=O)N[C@@H]1[C@@H](O)[C@H](O)[C@@H](CO)O[C@@H]1CCOP(=O)(O)O. The highest BCUT2D eigenvalue weighted by Crippen LogP contribution is 2.36. The molecular formula is C10H20NO9P. The minimum atomic E-state index is -4.63. The number of amides is 1. The van der Waals surface area contributed by atoms with Gasteiger partial charge in [-0.2, -0.15) is 0 Å². The van der Waals surface area contributed by atoms with Gasteiger partial charge in [0.25, 0.3) is 0 Å². The van der Waals surface area contributed by atoms with E-state index in [1.54, 1.807) is 0 Å². The first-order valence-corrected chi connectivity index (χ1v) is 7.78. The van der Waals surface area contributed by atoms with Gasteiger partial charge in [0, 0.05) is 6.92 Å². The maximum Gasteiger partial charge on any atom is 0.469 e. The maximum atomic E-state index is 11.1. The zero-order chi connectivity index (χ0) is 16.2. The topological polar surface area (TPSA) is 166 Å². The molecule has 0 radical (unpaired) electrons. The Balaban J connectivity index is 2.73. The number of aliphatic hydroxyl groups excluding tert-OH is 3. The number of hydrogen-bond acceptors (Lipinski definition) is 7. The van der Waals surface area contributed by atoms with Gasteiger partial charge in [-0.1, -0.05) is 0 Å². The highest BCUT2D eigenvalue weighted by molar-refractivity contribution is 7.46. The second-order valence-corrected chi connectivity index (χ2v) is 5.95. The quantitative estimate of drug-likeness (QED) is 0.288. The molecule has 0 aromatic carbocycles. The van der Waals surface area contributed by atoms with Crippen molar-refractivity contribution < 1.29 is 43.7 Å². The zero-order valence-electron chi connectivity index (χ0n) is 11.3. The number of carbonyl (C=O) groups excluding carboxylic acids is 1. The molecular weight excluding hydrogens is 309 g/mol. The van der Waals surface area contributed by atoms with E-state index in [2.05, 4.69) is 9.84 Å². The first kappa shape index (κ1) is 18.5. The highest BCUT2D eigenvalue weighted by atomic mass is 31.2. The van der Waals surface area contributed by atoms with E-state index >= 15 is 0 Å². The molecule has 1 aliphatic rings. The Bertz CT molecular complexity index is 400. The van der Waals surface area contributed by atoms with E-state index < -0.39 is 50.8 Å². The molecule has 1 amide bonds. The molecule has 6 N–H and O–H groups in total. The molecule has 1 saturated heterocycles. The summed E-state index contributed by atoms with van der Waals surface area (Å²) in [6, 6.07) is -0.985. The third-order valence-electron chi connectivity index (χ3n) is 3.06. The molecule has 0 unspecified atom stereocenters. The molecule has 0 bridgehead atoms. The zero-order valence-corrected chi connectivity index (χ0v) is 12.2. The van der Waals surface area contributed by atoms with Crippen LogP contribution in [0, 0.1) is 0 Å². The summed E-state index contributed by atoms with van der Waals surface area (Å²) < 4.78 is 20.2. The summed E-state index contributed by atoms with van der Waals surface area (Å²) in [5.74, 6) is -0.474. The fraction of sp³-hybridized carbons (Fsp3) is 0.900. The van der Waals surface area contributed by atoms with Crippen LogP contribution in [0.5, 0.6) is 0 Å². The van der Waals surface area contributed by atoms with Crippen LogP contribution in [0.2, 0.25) is 0 Å². The number of rotatable bonds is 6. The summed E-state index contributed by atoms with van der Waals surface area (Å²) in [4.78, 5) is 28.3. The van der Waals surface area contributed by atoms with Gasteiger partial charge in [-0.05, 0) is 6.42 Å². The minimum Gasteiger partial charge on any atom is -0.394 e. The predicted octanol–water partition coefficient (Wildman–Crippen LogP) is -2.53. The molecule has 1 fully saturated rings. The summed E-state index contributed by atoms with van der Waals surface area (Å²) in [5, 5.41) is 31.2. The normalized spacial score (nSPS) is 33.7. The van der Waals surface area contributed by atoms with E-state index in [9.17, 15) is 19.6 Å². The van der Waals surface area contributed by atoms with E-state index in [0.29, 0.717) is 0 Å². The number of phosphoric ester groups is 1. The standard InChI is InChI=1S/C10H20NO9P/c1-5(13)11-8-6(2-3-19-21(16,17)18)20-7(4-12)9(14)10(8)15/h6-10,12,14-15H,2-4H2,1H3,(H,11,13)(H2,16,17,18)/t6-,7-,8+,9-,10-/m1/s1. The Hall–Kier alpha value is -0.580. The van der Waals surface area contributed by atoms with Crippen LogP contribution in [-0.4, -0.2) is 74.7 Å². The number of nitrogens with one attached hydrogen (secondary N) is 1. The number of ether oxygens (including phenoxy) is 1. The van der Waals surface area contributed by atoms with Gasteiger partial charge in [0.1, 0.15) is 18.3 Å². The number of carbonyl (C=O) groups is 1. The Labute approximate surface area is 120 Å². The van der Waals surface area contributed by atoms with Gasteiger partial charge in [0.05, 0.1) is 25.4 Å². The van der Waals surface area contributed by atoms with Gasteiger partial charge < -0.3 is 35.2 Å².